The van der Waals surface area contributed by atoms with E-state index in [1.165, 1.54) is 12.8 Å². The van der Waals surface area contributed by atoms with Crippen LogP contribution in [0.1, 0.15) is 44.5 Å². The summed E-state index contributed by atoms with van der Waals surface area (Å²) in [5.74, 6) is 2.41. The first-order valence-electron chi connectivity index (χ1n) is 7.17. The van der Waals surface area contributed by atoms with Crippen LogP contribution in [-0.2, 0) is 4.79 Å². The molecule has 2 fully saturated rings. The molecule has 2 aliphatic carbocycles. The van der Waals surface area contributed by atoms with Gasteiger partial charge in [0, 0.05) is 18.4 Å². The van der Waals surface area contributed by atoms with Crippen LogP contribution in [0.3, 0.4) is 0 Å². The lowest BCUT2D eigenvalue weighted by Gasteiger charge is -2.16. The highest BCUT2D eigenvalue weighted by molar-refractivity contribution is 5.81. The van der Waals surface area contributed by atoms with Crippen molar-refractivity contribution in [2.45, 2.75) is 44.8 Å². The molecule has 4 atom stereocenters. The molecule has 0 radical (unpaired) electrons. The fourth-order valence-corrected chi connectivity index (χ4v) is 2.90. The Kier molecular flexibility index (Phi) is 3.35. The zero-order valence-corrected chi connectivity index (χ0v) is 11.2. The molecule has 1 aromatic rings. The molecule has 0 aliphatic heterocycles. The number of amides is 1. The van der Waals surface area contributed by atoms with Gasteiger partial charge in [0.1, 0.15) is 11.9 Å². The molecule has 4 heteroatoms. The third kappa shape index (κ3) is 3.00. The summed E-state index contributed by atoms with van der Waals surface area (Å²) in [6, 6.07) is 3.48. The van der Waals surface area contributed by atoms with Gasteiger partial charge < -0.3 is 14.8 Å². The second kappa shape index (κ2) is 5.00. The summed E-state index contributed by atoms with van der Waals surface area (Å²) in [6.07, 6.45) is 5.06. The van der Waals surface area contributed by atoms with E-state index in [2.05, 4.69) is 5.32 Å². The van der Waals surface area contributed by atoms with Gasteiger partial charge >= 0.3 is 0 Å². The van der Waals surface area contributed by atoms with Gasteiger partial charge in [-0.2, -0.15) is 0 Å². The van der Waals surface area contributed by atoms with Gasteiger partial charge in [0.05, 0.1) is 6.26 Å². The lowest BCUT2D eigenvalue weighted by molar-refractivity contribution is -0.123. The van der Waals surface area contributed by atoms with Crippen LogP contribution in [0.15, 0.2) is 22.8 Å². The van der Waals surface area contributed by atoms with Crippen LogP contribution in [0.4, 0.5) is 0 Å². The molecule has 0 saturated heterocycles. The summed E-state index contributed by atoms with van der Waals surface area (Å²) in [4.78, 5) is 12.0. The van der Waals surface area contributed by atoms with Crippen molar-refractivity contribution in [2.24, 2.45) is 17.8 Å². The van der Waals surface area contributed by atoms with Gasteiger partial charge in [-0.15, -0.1) is 0 Å². The highest BCUT2D eigenvalue weighted by Gasteiger charge is 2.51. The summed E-state index contributed by atoms with van der Waals surface area (Å²) in [5.41, 5.74) is 0. The standard InChI is InChI=1S/C15H21NO3/c1-9(7-13(17)14-3-2-6-19-14)16-15(18)12-8-11(12)10-4-5-10/h2-3,6,9-13,17H,4-5,7-8H2,1H3,(H,16,18)/t9-,11+,12+,13+/m1/s1. The maximum Gasteiger partial charge on any atom is 0.223 e. The van der Waals surface area contributed by atoms with E-state index in [4.69, 9.17) is 4.42 Å². The zero-order valence-electron chi connectivity index (χ0n) is 11.2. The van der Waals surface area contributed by atoms with Crippen molar-refractivity contribution in [1.82, 2.24) is 5.32 Å². The van der Waals surface area contributed by atoms with Crippen molar-refractivity contribution in [2.75, 3.05) is 0 Å². The predicted molar refractivity (Wildman–Crippen MR) is 70.2 cm³/mol. The molecule has 4 nitrogen and oxygen atoms in total. The Balaban J connectivity index is 1.43. The summed E-state index contributed by atoms with van der Waals surface area (Å²) in [5, 5.41) is 13.0. The van der Waals surface area contributed by atoms with Crippen LogP contribution in [0.25, 0.3) is 0 Å². The third-order valence-corrected chi connectivity index (χ3v) is 4.24. The third-order valence-electron chi connectivity index (χ3n) is 4.24. The van der Waals surface area contributed by atoms with Crippen molar-refractivity contribution >= 4 is 5.91 Å². The Labute approximate surface area is 113 Å². The molecule has 0 bridgehead atoms. The van der Waals surface area contributed by atoms with Crippen molar-refractivity contribution in [3.8, 4) is 0 Å². The van der Waals surface area contributed by atoms with Crippen molar-refractivity contribution in [3.63, 3.8) is 0 Å². The van der Waals surface area contributed by atoms with E-state index >= 15 is 0 Å². The Morgan fingerprint density at radius 1 is 1.58 bits per heavy atom. The zero-order chi connectivity index (χ0) is 13.4. The molecule has 2 saturated carbocycles. The van der Waals surface area contributed by atoms with E-state index in [0.717, 1.165) is 12.3 Å². The van der Waals surface area contributed by atoms with Crippen LogP contribution >= 0.6 is 0 Å². The molecule has 1 heterocycles. The number of hydrogen-bond acceptors (Lipinski definition) is 3. The number of aliphatic hydroxyl groups is 1. The minimum Gasteiger partial charge on any atom is -0.467 e. The molecule has 0 aromatic carbocycles. The van der Waals surface area contributed by atoms with E-state index < -0.39 is 6.10 Å². The first kappa shape index (κ1) is 12.7. The lowest BCUT2D eigenvalue weighted by atomic mass is 10.1. The molecule has 2 N–H and O–H groups in total. The fraction of sp³-hybridized carbons (Fsp3) is 0.667. The summed E-state index contributed by atoms with van der Waals surface area (Å²) < 4.78 is 5.16. The number of carbonyl (C=O) groups excluding carboxylic acids is 1. The second-order valence-electron chi connectivity index (χ2n) is 6.02. The number of rotatable bonds is 6. The topological polar surface area (TPSA) is 62.5 Å². The molecule has 1 aromatic heterocycles. The van der Waals surface area contributed by atoms with Crippen LogP contribution in [0, 0.1) is 17.8 Å². The number of nitrogens with one attached hydrogen (secondary N) is 1. The molecule has 2 aliphatic rings. The molecule has 104 valence electrons. The van der Waals surface area contributed by atoms with Crippen LogP contribution in [-0.4, -0.2) is 17.1 Å². The van der Waals surface area contributed by atoms with Gasteiger partial charge in [-0.3, -0.25) is 4.79 Å². The number of carbonyl (C=O) groups is 1. The molecule has 3 rings (SSSR count). The number of furan rings is 1. The van der Waals surface area contributed by atoms with Crippen molar-refractivity contribution in [1.29, 1.82) is 0 Å². The van der Waals surface area contributed by atoms with Crippen LogP contribution in [0.2, 0.25) is 0 Å². The maximum atomic E-state index is 12.0. The monoisotopic (exact) mass is 263 g/mol. The van der Waals surface area contributed by atoms with Crippen LogP contribution in [0.5, 0.6) is 0 Å². The van der Waals surface area contributed by atoms with Crippen LogP contribution < -0.4 is 5.32 Å². The molecule has 0 unspecified atom stereocenters. The van der Waals surface area contributed by atoms with Crippen molar-refractivity contribution in [3.05, 3.63) is 24.2 Å². The van der Waals surface area contributed by atoms with E-state index in [1.807, 2.05) is 6.92 Å². The molecule has 0 spiro atoms. The Hall–Kier alpha value is -1.29. The minimum absolute atomic E-state index is 0.0342. The highest BCUT2D eigenvalue weighted by atomic mass is 16.4. The summed E-state index contributed by atoms with van der Waals surface area (Å²) in [7, 11) is 0. The second-order valence-corrected chi connectivity index (χ2v) is 6.02. The smallest absolute Gasteiger partial charge is 0.223 e. The van der Waals surface area contributed by atoms with Gasteiger partial charge in [-0.25, -0.2) is 0 Å². The van der Waals surface area contributed by atoms with Crippen molar-refractivity contribution < 1.29 is 14.3 Å². The summed E-state index contributed by atoms with van der Waals surface area (Å²) in [6.45, 7) is 1.93. The first-order chi connectivity index (χ1) is 9.15. The quantitative estimate of drug-likeness (QED) is 0.827. The van der Waals surface area contributed by atoms with Gasteiger partial charge in [-0.1, -0.05) is 0 Å². The highest BCUT2D eigenvalue weighted by Crippen LogP contribution is 2.54. The largest absolute Gasteiger partial charge is 0.467 e. The minimum atomic E-state index is -0.649. The molecular formula is C15H21NO3. The van der Waals surface area contributed by atoms with E-state index in [-0.39, 0.29) is 17.9 Å². The number of hydrogen-bond donors (Lipinski definition) is 2. The predicted octanol–water partition coefficient (Wildman–Crippen LogP) is 2.25. The molecule has 1 amide bonds. The normalized spacial score (nSPS) is 28.7. The Bertz CT molecular complexity index is 438. The number of aliphatic hydroxyl groups excluding tert-OH is 1. The van der Waals surface area contributed by atoms with Gasteiger partial charge in [-0.05, 0) is 50.2 Å². The Morgan fingerprint density at radius 3 is 3.00 bits per heavy atom. The SMILES string of the molecule is C[C@H](C[C@H](O)c1ccco1)NC(=O)[C@H]1C[C@H]1C1CC1. The molecular weight excluding hydrogens is 242 g/mol. The van der Waals surface area contributed by atoms with Gasteiger partial charge in [0.15, 0.2) is 0 Å². The van der Waals surface area contributed by atoms with E-state index in [1.54, 1.807) is 18.4 Å². The first-order valence-corrected chi connectivity index (χ1v) is 7.17. The van der Waals surface area contributed by atoms with E-state index in [0.29, 0.717) is 18.1 Å². The average Bonchev–Trinajstić information content (AvgIpc) is 3.25. The summed E-state index contributed by atoms with van der Waals surface area (Å²) >= 11 is 0. The Morgan fingerprint density at radius 2 is 2.37 bits per heavy atom. The van der Waals surface area contributed by atoms with Gasteiger partial charge in [0.2, 0.25) is 5.91 Å². The fourth-order valence-electron chi connectivity index (χ4n) is 2.90. The molecule has 19 heavy (non-hydrogen) atoms. The maximum absolute atomic E-state index is 12.0. The van der Waals surface area contributed by atoms with Gasteiger partial charge in [0.25, 0.3) is 0 Å². The lowest BCUT2D eigenvalue weighted by Crippen LogP contribution is -2.35. The average molecular weight is 263 g/mol. The van der Waals surface area contributed by atoms with E-state index in [9.17, 15) is 9.90 Å².